The maximum absolute atomic E-state index is 12.8. The molecule has 1 aromatic carbocycles. The predicted octanol–water partition coefficient (Wildman–Crippen LogP) is 4.10. The van der Waals surface area contributed by atoms with Crippen molar-refractivity contribution in [1.29, 1.82) is 0 Å². The fraction of sp³-hybridized carbons (Fsp3) is 0.500. The standard InChI is InChI=1S/C14H11F6NO/c15-13(16,17)8-4-7(5-9(6-8)14(18,19)20)12(22)21-10-2-1-3-11(10)21/h4-6,10-11H,1-3H2/t10-,11+,21?. The molecule has 0 radical (unpaired) electrons. The molecule has 1 aromatic rings. The number of halogens is 6. The van der Waals surface area contributed by atoms with Crippen LogP contribution in [0.5, 0.6) is 0 Å². The van der Waals surface area contributed by atoms with Crippen molar-refractivity contribution in [3.8, 4) is 0 Å². The maximum Gasteiger partial charge on any atom is 0.416 e. The summed E-state index contributed by atoms with van der Waals surface area (Å²) in [7, 11) is 0. The second kappa shape index (κ2) is 4.63. The third-order valence-corrected chi connectivity index (χ3v) is 4.14. The van der Waals surface area contributed by atoms with Gasteiger partial charge in [-0.3, -0.25) is 4.79 Å². The van der Waals surface area contributed by atoms with Crippen LogP contribution in [0.15, 0.2) is 18.2 Å². The Morgan fingerprint density at radius 2 is 1.36 bits per heavy atom. The number of alkyl halides is 6. The second-order valence-corrected chi connectivity index (χ2v) is 5.57. The van der Waals surface area contributed by atoms with E-state index < -0.39 is 35.0 Å². The van der Waals surface area contributed by atoms with Crippen molar-refractivity contribution in [2.75, 3.05) is 0 Å². The average Bonchev–Trinajstić information content (AvgIpc) is 2.87. The van der Waals surface area contributed by atoms with Crippen molar-refractivity contribution < 1.29 is 31.1 Å². The first-order valence-corrected chi connectivity index (χ1v) is 6.71. The van der Waals surface area contributed by atoms with Crippen LogP contribution in [0.1, 0.15) is 40.7 Å². The average molecular weight is 323 g/mol. The van der Waals surface area contributed by atoms with Gasteiger partial charge >= 0.3 is 12.4 Å². The molecule has 1 amide bonds. The van der Waals surface area contributed by atoms with Crippen molar-refractivity contribution in [2.45, 2.75) is 43.7 Å². The van der Waals surface area contributed by atoms with E-state index in [1.54, 1.807) is 0 Å². The molecule has 1 aliphatic carbocycles. The summed E-state index contributed by atoms with van der Waals surface area (Å²) in [6.45, 7) is 0. The topological polar surface area (TPSA) is 20.1 Å². The number of fused-ring (bicyclic) bond motifs is 1. The summed E-state index contributed by atoms with van der Waals surface area (Å²) in [5.41, 5.74) is -3.48. The molecule has 0 N–H and O–H groups in total. The molecule has 1 saturated carbocycles. The number of benzene rings is 1. The molecule has 22 heavy (non-hydrogen) atoms. The molecule has 0 bridgehead atoms. The monoisotopic (exact) mass is 323 g/mol. The highest BCUT2D eigenvalue weighted by Gasteiger charge is 2.53. The summed E-state index contributed by atoms with van der Waals surface area (Å²) >= 11 is 0. The van der Waals surface area contributed by atoms with Gasteiger partial charge < -0.3 is 4.90 Å². The first kappa shape index (κ1) is 15.2. The quantitative estimate of drug-likeness (QED) is 0.563. The lowest BCUT2D eigenvalue weighted by molar-refractivity contribution is -0.143. The summed E-state index contributed by atoms with van der Waals surface area (Å²) in [6.07, 6.45) is -7.45. The van der Waals surface area contributed by atoms with Gasteiger partial charge in [-0.05, 0) is 37.5 Å². The molecule has 2 fully saturated rings. The third kappa shape index (κ3) is 2.55. The van der Waals surface area contributed by atoms with E-state index in [-0.39, 0.29) is 18.2 Å². The van der Waals surface area contributed by atoms with Crippen LogP contribution in [-0.4, -0.2) is 22.9 Å². The summed E-state index contributed by atoms with van der Waals surface area (Å²) in [4.78, 5) is 13.5. The van der Waals surface area contributed by atoms with Crippen LogP contribution < -0.4 is 0 Å². The molecule has 2 aliphatic rings. The molecule has 1 aliphatic heterocycles. The Hall–Kier alpha value is -1.73. The van der Waals surface area contributed by atoms with Crippen LogP contribution in [0.2, 0.25) is 0 Å². The number of nitrogens with zero attached hydrogens (tertiary/aromatic N) is 1. The van der Waals surface area contributed by atoms with Crippen LogP contribution in [0.25, 0.3) is 0 Å². The van der Waals surface area contributed by atoms with Gasteiger partial charge in [0.05, 0.1) is 23.2 Å². The summed E-state index contributed by atoms with van der Waals surface area (Å²) in [5, 5.41) is 0. The zero-order valence-electron chi connectivity index (χ0n) is 11.1. The van der Waals surface area contributed by atoms with Crippen molar-refractivity contribution in [2.24, 2.45) is 0 Å². The molecule has 0 unspecified atom stereocenters. The number of hydrogen-bond acceptors (Lipinski definition) is 1. The highest BCUT2D eigenvalue weighted by Crippen LogP contribution is 2.44. The van der Waals surface area contributed by atoms with Crippen molar-refractivity contribution in [3.05, 3.63) is 34.9 Å². The Balaban J connectivity index is 1.98. The molecule has 8 heteroatoms. The van der Waals surface area contributed by atoms with E-state index in [1.165, 1.54) is 4.90 Å². The first-order valence-electron chi connectivity index (χ1n) is 6.71. The van der Waals surface area contributed by atoms with Gasteiger partial charge in [0, 0.05) is 5.56 Å². The lowest BCUT2D eigenvalue weighted by atomic mass is 10.0. The Morgan fingerprint density at radius 1 is 0.909 bits per heavy atom. The fourth-order valence-electron chi connectivity index (χ4n) is 3.06. The fourth-order valence-corrected chi connectivity index (χ4v) is 3.06. The van der Waals surface area contributed by atoms with Gasteiger partial charge in [-0.25, -0.2) is 0 Å². The largest absolute Gasteiger partial charge is 0.416 e. The Kier molecular flexibility index (Phi) is 3.19. The van der Waals surface area contributed by atoms with E-state index in [2.05, 4.69) is 0 Å². The van der Waals surface area contributed by atoms with Gasteiger partial charge in [0.25, 0.3) is 5.91 Å². The second-order valence-electron chi connectivity index (χ2n) is 5.57. The molecule has 1 heterocycles. The van der Waals surface area contributed by atoms with Gasteiger partial charge in [-0.1, -0.05) is 0 Å². The van der Waals surface area contributed by atoms with E-state index in [1.807, 2.05) is 0 Å². The van der Waals surface area contributed by atoms with Crippen LogP contribution >= 0.6 is 0 Å². The van der Waals surface area contributed by atoms with E-state index in [0.717, 1.165) is 19.3 Å². The number of hydrogen-bond donors (Lipinski definition) is 0. The molecule has 0 spiro atoms. The summed E-state index contributed by atoms with van der Waals surface area (Å²) in [6, 6.07) is 0.949. The normalized spacial score (nSPS) is 24.4. The smallest absolute Gasteiger partial charge is 0.329 e. The van der Waals surface area contributed by atoms with E-state index in [0.29, 0.717) is 12.1 Å². The minimum absolute atomic E-state index is 0.0276. The molecule has 1 saturated heterocycles. The Labute approximate surface area is 121 Å². The highest BCUT2D eigenvalue weighted by atomic mass is 19.4. The molecular weight excluding hydrogens is 312 g/mol. The van der Waals surface area contributed by atoms with Crippen LogP contribution in [-0.2, 0) is 12.4 Å². The SMILES string of the molecule is O=C(c1cc(C(F)(F)F)cc(C(F)(F)F)c1)N1[C@@H]2CCC[C@@H]21. The zero-order valence-corrected chi connectivity index (χ0v) is 11.1. The van der Waals surface area contributed by atoms with Gasteiger partial charge in [-0.15, -0.1) is 0 Å². The van der Waals surface area contributed by atoms with Gasteiger partial charge in [-0.2, -0.15) is 26.3 Å². The van der Waals surface area contributed by atoms with Crippen molar-refractivity contribution >= 4 is 5.91 Å². The summed E-state index contributed by atoms with van der Waals surface area (Å²) in [5.74, 6) is -0.758. The molecule has 2 nitrogen and oxygen atoms in total. The molecule has 120 valence electrons. The van der Waals surface area contributed by atoms with Gasteiger partial charge in [0.1, 0.15) is 0 Å². The van der Waals surface area contributed by atoms with Crippen molar-refractivity contribution in [1.82, 2.24) is 4.90 Å². The molecule has 2 atom stereocenters. The van der Waals surface area contributed by atoms with E-state index in [9.17, 15) is 31.1 Å². The number of likely N-dealkylation sites (tertiary alicyclic amines) is 1. The van der Waals surface area contributed by atoms with E-state index in [4.69, 9.17) is 0 Å². The number of rotatable bonds is 1. The Morgan fingerprint density at radius 3 is 1.77 bits per heavy atom. The maximum atomic E-state index is 12.8. The molecule has 3 rings (SSSR count). The van der Waals surface area contributed by atoms with Crippen LogP contribution in [0, 0.1) is 0 Å². The van der Waals surface area contributed by atoms with Crippen LogP contribution in [0.3, 0.4) is 0 Å². The predicted molar refractivity (Wildman–Crippen MR) is 64.0 cm³/mol. The van der Waals surface area contributed by atoms with Gasteiger partial charge in [0.2, 0.25) is 0 Å². The van der Waals surface area contributed by atoms with Crippen LogP contribution in [0.4, 0.5) is 26.3 Å². The number of carbonyl (C=O) groups excluding carboxylic acids is 1. The third-order valence-electron chi connectivity index (χ3n) is 4.14. The van der Waals surface area contributed by atoms with Crippen molar-refractivity contribution in [3.63, 3.8) is 0 Å². The van der Waals surface area contributed by atoms with E-state index >= 15 is 0 Å². The zero-order chi connectivity index (χ0) is 16.3. The number of piperidine rings is 1. The first-order chi connectivity index (χ1) is 10.1. The lowest BCUT2D eigenvalue weighted by Gasteiger charge is -2.15. The number of carbonyl (C=O) groups is 1. The van der Waals surface area contributed by atoms with Gasteiger partial charge in [0.15, 0.2) is 0 Å². The minimum Gasteiger partial charge on any atom is -0.329 e. The lowest BCUT2D eigenvalue weighted by Crippen LogP contribution is -2.20. The Bertz CT molecular complexity index is 578. The molecule has 0 aromatic heterocycles. The minimum atomic E-state index is -4.94. The highest BCUT2D eigenvalue weighted by molar-refractivity contribution is 5.97. The number of amides is 1. The molecular formula is C14H11F6NO. The summed E-state index contributed by atoms with van der Waals surface area (Å²) < 4.78 is 76.5.